The minimum absolute atomic E-state index is 0.815. The van der Waals surface area contributed by atoms with E-state index < -0.39 is 0 Å². The van der Waals surface area contributed by atoms with Gasteiger partial charge in [-0.3, -0.25) is 0 Å². The first-order valence-corrected chi connectivity index (χ1v) is 6.52. The molecule has 90 valence electrons. The second-order valence-electron chi connectivity index (χ2n) is 4.98. The summed E-state index contributed by atoms with van der Waals surface area (Å²) in [5.41, 5.74) is 7.23. The average Bonchev–Trinajstić information content (AvgIpc) is 2.58. The summed E-state index contributed by atoms with van der Waals surface area (Å²) >= 11 is 0. The van der Waals surface area contributed by atoms with Crippen molar-refractivity contribution in [3.8, 4) is 0 Å². The lowest BCUT2D eigenvalue weighted by Crippen LogP contribution is -2.11. The molecule has 0 aliphatic heterocycles. The third-order valence-electron chi connectivity index (χ3n) is 3.83. The van der Waals surface area contributed by atoms with Crippen LogP contribution >= 0.6 is 0 Å². The Morgan fingerprint density at radius 2 is 2.00 bits per heavy atom. The molecule has 0 spiro atoms. The summed E-state index contributed by atoms with van der Waals surface area (Å²) in [5, 5.41) is 0. The Hall–Kier alpha value is -0.990. The molecular formula is C13H23N3. The zero-order chi connectivity index (χ0) is 11.5. The molecule has 1 heterocycles. The largest absolute Gasteiger partial charge is 0.384 e. The summed E-state index contributed by atoms with van der Waals surface area (Å²) in [6.07, 6.45) is 8.95. The van der Waals surface area contributed by atoms with Gasteiger partial charge < -0.3 is 10.3 Å². The van der Waals surface area contributed by atoms with Gasteiger partial charge in [-0.1, -0.05) is 39.0 Å². The van der Waals surface area contributed by atoms with Crippen molar-refractivity contribution in [3.63, 3.8) is 0 Å². The molecule has 1 aliphatic carbocycles. The molecule has 1 aliphatic rings. The van der Waals surface area contributed by atoms with Crippen LogP contribution in [0.1, 0.15) is 50.5 Å². The first-order valence-electron chi connectivity index (χ1n) is 6.52. The predicted molar refractivity (Wildman–Crippen MR) is 67.3 cm³/mol. The number of imidazole rings is 1. The molecule has 0 aromatic carbocycles. The van der Waals surface area contributed by atoms with Crippen molar-refractivity contribution in [2.24, 2.45) is 13.0 Å². The minimum atomic E-state index is 0.815. The zero-order valence-electron chi connectivity index (χ0n) is 10.5. The fourth-order valence-corrected chi connectivity index (χ4v) is 2.75. The molecule has 1 saturated carbocycles. The monoisotopic (exact) mass is 221 g/mol. The average molecular weight is 221 g/mol. The van der Waals surface area contributed by atoms with Crippen molar-refractivity contribution in [3.05, 3.63) is 11.5 Å². The number of nitrogens with two attached hydrogens (primary N) is 1. The standard InChI is InChI=1S/C13H23N3/c1-3-12-15-11(13(14)16(12)2)9-10-7-5-4-6-8-10/h10H,3-9,14H2,1-2H3. The maximum atomic E-state index is 6.10. The van der Waals surface area contributed by atoms with Crippen LogP contribution in [0.15, 0.2) is 0 Å². The third kappa shape index (κ3) is 2.23. The Bertz CT molecular complexity index is 348. The topological polar surface area (TPSA) is 43.8 Å². The number of anilines is 1. The van der Waals surface area contributed by atoms with Crippen molar-refractivity contribution in [2.45, 2.75) is 51.9 Å². The highest BCUT2D eigenvalue weighted by Gasteiger charge is 2.18. The summed E-state index contributed by atoms with van der Waals surface area (Å²) in [6.45, 7) is 2.13. The highest BCUT2D eigenvalue weighted by Crippen LogP contribution is 2.28. The second-order valence-corrected chi connectivity index (χ2v) is 4.98. The summed E-state index contributed by atoms with van der Waals surface area (Å²) in [7, 11) is 2.02. The van der Waals surface area contributed by atoms with Gasteiger partial charge in [-0.15, -0.1) is 0 Å². The SMILES string of the molecule is CCc1nc(CC2CCCCC2)c(N)n1C. The van der Waals surface area contributed by atoms with E-state index in [2.05, 4.69) is 11.9 Å². The molecule has 2 rings (SSSR count). The zero-order valence-corrected chi connectivity index (χ0v) is 10.5. The van der Waals surface area contributed by atoms with Crippen LogP contribution in [0.2, 0.25) is 0 Å². The third-order valence-corrected chi connectivity index (χ3v) is 3.83. The molecule has 0 atom stereocenters. The molecule has 0 saturated heterocycles. The smallest absolute Gasteiger partial charge is 0.126 e. The number of rotatable bonds is 3. The molecular weight excluding hydrogens is 198 g/mol. The second kappa shape index (κ2) is 4.89. The number of nitrogens with zero attached hydrogens (tertiary/aromatic N) is 2. The van der Waals surface area contributed by atoms with Gasteiger partial charge in [0.2, 0.25) is 0 Å². The van der Waals surface area contributed by atoms with E-state index in [-0.39, 0.29) is 0 Å². The van der Waals surface area contributed by atoms with E-state index in [9.17, 15) is 0 Å². The van der Waals surface area contributed by atoms with Gasteiger partial charge in [-0.2, -0.15) is 0 Å². The van der Waals surface area contributed by atoms with E-state index in [0.29, 0.717) is 0 Å². The summed E-state index contributed by atoms with van der Waals surface area (Å²) in [4.78, 5) is 4.66. The van der Waals surface area contributed by atoms with Crippen LogP contribution in [-0.2, 0) is 19.9 Å². The van der Waals surface area contributed by atoms with E-state index in [1.54, 1.807) is 0 Å². The molecule has 0 radical (unpaired) electrons. The lowest BCUT2D eigenvalue weighted by atomic mass is 9.86. The van der Waals surface area contributed by atoms with E-state index in [1.165, 1.54) is 32.1 Å². The van der Waals surface area contributed by atoms with Gasteiger partial charge in [0.05, 0.1) is 5.69 Å². The quantitative estimate of drug-likeness (QED) is 0.852. The van der Waals surface area contributed by atoms with Crippen molar-refractivity contribution in [2.75, 3.05) is 5.73 Å². The van der Waals surface area contributed by atoms with E-state index in [1.807, 2.05) is 11.6 Å². The Labute approximate surface area is 98.1 Å². The normalized spacial score (nSPS) is 17.9. The van der Waals surface area contributed by atoms with Crippen molar-refractivity contribution in [1.82, 2.24) is 9.55 Å². The Morgan fingerprint density at radius 1 is 1.31 bits per heavy atom. The fourth-order valence-electron chi connectivity index (χ4n) is 2.75. The lowest BCUT2D eigenvalue weighted by Gasteiger charge is -2.20. The van der Waals surface area contributed by atoms with Crippen molar-refractivity contribution >= 4 is 5.82 Å². The van der Waals surface area contributed by atoms with E-state index in [4.69, 9.17) is 5.73 Å². The molecule has 0 amide bonds. The van der Waals surface area contributed by atoms with Crippen LogP contribution in [0.5, 0.6) is 0 Å². The van der Waals surface area contributed by atoms with Gasteiger partial charge in [0.1, 0.15) is 11.6 Å². The van der Waals surface area contributed by atoms with Crippen LogP contribution in [0.3, 0.4) is 0 Å². The number of nitrogen functional groups attached to an aromatic ring is 1. The van der Waals surface area contributed by atoms with Crippen LogP contribution in [0, 0.1) is 5.92 Å². The predicted octanol–water partition coefficient (Wildman–Crippen LogP) is 2.69. The van der Waals surface area contributed by atoms with Gasteiger partial charge in [-0.25, -0.2) is 4.98 Å². The maximum absolute atomic E-state index is 6.10. The summed E-state index contributed by atoms with van der Waals surface area (Å²) < 4.78 is 2.04. The molecule has 3 heteroatoms. The number of aryl methyl sites for hydroxylation is 1. The van der Waals surface area contributed by atoms with Crippen LogP contribution in [0.4, 0.5) is 5.82 Å². The van der Waals surface area contributed by atoms with Crippen LogP contribution < -0.4 is 5.73 Å². The van der Waals surface area contributed by atoms with Crippen molar-refractivity contribution < 1.29 is 0 Å². The van der Waals surface area contributed by atoms with Gasteiger partial charge in [-0.05, 0) is 12.3 Å². The molecule has 1 aromatic rings. The van der Waals surface area contributed by atoms with Crippen molar-refractivity contribution in [1.29, 1.82) is 0 Å². The van der Waals surface area contributed by atoms with E-state index in [0.717, 1.165) is 36.1 Å². The Morgan fingerprint density at radius 3 is 2.56 bits per heavy atom. The Kier molecular flexibility index (Phi) is 3.52. The number of hydrogen-bond acceptors (Lipinski definition) is 2. The molecule has 0 unspecified atom stereocenters. The van der Waals surface area contributed by atoms with Gasteiger partial charge in [0, 0.05) is 13.5 Å². The molecule has 0 bridgehead atoms. The molecule has 1 fully saturated rings. The molecule has 1 aromatic heterocycles. The molecule has 2 N–H and O–H groups in total. The van der Waals surface area contributed by atoms with Gasteiger partial charge >= 0.3 is 0 Å². The Balaban J connectivity index is 2.08. The van der Waals surface area contributed by atoms with Crippen LogP contribution in [0.25, 0.3) is 0 Å². The first-order chi connectivity index (χ1) is 7.72. The first kappa shape index (κ1) is 11.5. The number of aromatic nitrogens is 2. The fraction of sp³-hybridized carbons (Fsp3) is 0.769. The van der Waals surface area contributed by atoms with Gasteiger partial charge in [0.25, 0.3) is 0 Å². The number of hydrogen-bond donors (Lipinski definition) is 1. The van der Waals surface area contributed by atoms with Gasteiger partial charge in [0.15, 0.2) is 0 Å². The molecule has 3 nitrogen and oxygen atoms in total. The van der Waals surface area contributed by atoms with Crippen LogP contribution in [-0.4, -0.2) is 9.55 Å². The highest BCUT2D eigenvalue weighted by atomic mass is 15.1. The highest BCUT2D eigenvalue weighted by molar-refractivity contribution is 5.38. The van der Waals surface area contributed by atoms with E-state index >= 15 is 0 Å². The summed E-state index contributed by atoms with van der Waals surface area (Å²) in [6, 6.07) is 0. The summed E-state index contributed by atoms with van der Waals surface area (Å²) in [5.74, 6) is 2.81. The maximum Gasteiger partial charge on any atom is 0.126 e. The lowest BCUT2D eigenvalue weighted by molar-refractivity contribution is 0.355. The molecule has 16 heavy (non-hydrogen) atoms. The minimum Gasteiger partial charge on any atom is -0.384 e.